The van der Waals surface area contributed by atoms with Crippen LogP contribution >= 0.6 is 0 Å². The summed E-state index contributed by atoms with van der Waals surface area (Å²) in [5.74, 6) is 0.175. The molecule has 0 spiro atoms. The van der Waals surface area contributed by atoms with Crippen LogP contribution in [0.2, 0.25) is 0 Å². The van der Waals surface area contributed by atoms with E-state index in [1.165, 1.54) is 0 Å². The van der Waals surface area contributed by atoms with Crippen molar-refractivity contribution in [1.82, 2.24) is 4.90 Å². The molecule has 1 aromatic rings. The molecule has 2 N–H and O–H groups in total. The number of carbonyl (C=O) groups excluding carboxylic acids is 1. The first-order valence-corrected chi connectivity index (χ1v) is 6.78. The van der Waals surface area contributed by atoms with Crippen LogP contribution in [0.5, 0.6) is 0 Å². The lowest BCUT2D eigenvalue weighted by Crippen LogP contribution is -2.33. The average Bonchev–Trinajstić information content (AvgIpc) is 2.44. The Kier molecular flexibility index (Phi) is 7.86. The van der Waals surface area contributed by atoms with Gasteiger partial charge in [-0.1, -0.05) is 30.3 Å². The van der Waals surface area contributed by atoms with Gasteiger partial charge < -0.3 is 15.4 Å². The molecule has 0 fully saturated rings. The van der Waals surface area contributed by atoms with Gasteiger partial charge in [0.1, 0.15) is 0 Å². The molecule has 0 aliphatic rings. The summed E-state index contributed by atoms with van der Waals surface area (Å²) >= 11 is 0. The van der Waals surface area contributed by atoms with Gasteiger partial charge in [-0.3, -0.25) is 4.79 Å². The molecule has 19 heavy (non-hydrogen) atoms. The van der Waals surface area contributed by atoms with E-state index in [1.807, 2.05) is 35.2 Å². The molecule has 106 valence electrons. The summed E-state index contributed by atoms with van der Waals surface area (Å²) < 4.78 is 5.07. The van der Waals surface area contributed by atoms with Gasteiger partial charge in [-0.15, -0.1) is 0 Å². The van der Waals surface area contributed by atoms with Crippen molar-refractivity contribution in [3.8, 4) is 0 Å². The summed E-state index contributed by atoms with van der Waals surface area (Å²) in [6, 6.07) is 10.0. The molecule has 0 unspecified atom stereocenters. The van der Waals surface area contributed by atoms with Crippen LogP contribution in [0, 0.1) is 0 Å². The number of benzene rings is 1. The summed E-state index contributed by atoms with van der Waals surface area (Å²) in [5, 5.41) is 0. The van der Waals surface area contributed by atoms with Crippen LogP contribution in [0.1, 0.15) is 24.8 Å². The molecule has 1 rings (SSSR count). The number of methoxy groups -OCH3 is 1. The van der Waals surface area contributed by atoms with Gasteiger partial charge in [-0.05, 0) is 24.9 Å². The number of hydrogen-bond donors (Lipinski definition) is 1. The lowest BCUT2D eigenvalue weighted by molar-refractivity contribution is -0.132. The highest BCUT2D eigenvalue weighted by Gasteiger charge is 2.13. The van der Waals surface area contributed by atoms with Crippen LogP contribution in [0.15, 0.2) is 30.3 Å². The highest BCUT2D eigenvalue weighted by molar-refractivity contribution is 5.76. The second-order valence-electron chi connectivity index (χ2n) is 4.54. The minimum absolute atomic E-state index is 0.175. The molecule has 0 radical (unpaired) electrons. The Morgan fingerprint density at radius 1 is 1.26 bits per heavy atom. The molecule has 0 aliphatic heterocycles. The molecule has 0 atom stereocenters. The maximum atomic E-state index is 12.2. The van der Waals surface area contributed by atoms with Crippen molar-refractivity contribution in [2.24, 2.45) is 5.73 Å². The van der Waals surface area contributed by atoms with E-state index in [9.17, 15) is 4.79 Å². The smallest absolute Gasteiger partial charge is 0.222 e. The maximum absolute atomic E-state index is 12.2. The monoisotopic (exact) mass is 264 g/mol. The zero-order valence-electron chi connectivity index (χ0n) is 11.7. The molecule has 0 saturated heterocycles. The van der Waals surface area contributed by atoms with Gasteiger partial charge >= 0.3 is 0 Å². The van der Waals surface area contributed by atoms with Crippen molar-refractivity contribution in [3.05, 3.63) is 35.9 Å². The van der Waals surface area contributed by atoms with E-state index in [0.717, 1.165) is 18.4 Å². The van der Waals surface area contributed by atoms with E-state index in [0.29, 0.717) is 32.7 Å². The van der Waals surface area contributed by atoms with Crippen molar-refractivity contribution in [2.45, 2.75) is 25.8 Å². The quantitative estimate of drug-likeness (QED) is 0.692. The van der Waals surface area contributed by atoms with Gasteiger partial charge in [0.05, 0.1) is 6.61 Å². The first-order chi connectivity index (χ1) is 9.27. The van der Waals surface area contributed by atoms with Gasteiger partial charge in [0.25, 0.3) is 0 Å². The van der Waals surface area contributed by atoms with Crippen molar-refractivity contribution in [1.29, 1.82) is 0 Å². The summed E-state index contributed by atoms with van der Waals surface area (Å²) in [4.78, 5) is 14.0. The highest BCUT2D eigenvalue weighted by Crippen LogP contribution is 2.07. The van der Waals surface area contributed by atoms with E-state index in [-0.39, 0.29) is 5.91 Å². The van der Waals surface area contributed by atoms with Crippen LogP contribution in [-0.4, -0.2) is 37.6 Å². The van der Waals surface area contributed by atoms with Gasteiger partial charge in [0.2, 0.25) is 5.91 Å². The number of rotatable bonds is 9. The van der Waals surface area contributed by atoms with E-state index >= 15 is 0 Å². The molecule has 1 amide bonds. The van der Waals surface area contributed by atoms with Crippen molar-refractivity contribution < 1.29 is 9.53 Å². The van der Waals surface area contributed by atoms with Crippen LogP contribution in [-0.2, 0) is 16.1 Å². The van der Waals surface area contributed by atoms with E-state index in [4.69, 9.17) is 10.5 Å². The zero-order valence-corrected chi connectivity index (χ0v) is 11.7. The third-order valence-electron chi connectivity index (χ3n) is 2.98. The molecule has 0 aromatic heterocycles. The fourth-order valence-electron chi connectivity index (χ4n) is 1.88. The second kappa shape index (κ2) is 9.53. The van der Waals surface area contributed by atoms with E-state index in [2.05, 4.69) is 0 Å². The largest absolute Gasteiger partial charge is 0.383 e. The van der Waals surface area contributed by atoms with Crippen LogP contribution < -0.4 is 5.73 Å². The molecular weight excluding hydrogens is 240 g/mol. The third kappa shape index (κ3) is 6.36. The first-order valence-electron chi connectivity index (χ1n) is 6.78. The number of nitrogens with zero attached hydrogens (tertiary/aromatic N) is 1. The van der Waals surface area contributed by atoms with Crippen LogP contribution in [0.25, 0.3) is 0 Å². The van der Waals surface area contributed by atoms with E-state index in [1.54, 1.807) is 7.11 Å². The predicted molar refractivity (Wildman–Crippen MR) is 76.6 cm³/mol. The second-order valence-corrected chi connectivity index (χ2v) is 4.54. The number of unbranched alkanes of at least 4 members (excludes halogenated alkanes) is 1. The Balaban J connectivity index is 2.53. The van der Waals surface area contributed by atoms with Crippen molar-refractivity contribution in [2.75, 3.05) is 26.8 Å². The van der Waals surface area contributed by atoms with Gasteiger partial charge in [-0.25, -0.2) is 0 Å². The fraction of sp³-hybridized carbons (Fsp3) is 0.533. The Morgan fingerprint density at radius 3 is 2.63 bits per heavy atom. The molecule has 0 heterocycles. The summed E-state index contributed by atoms with van der Waals surface area (Å²) in [6.45, 7) is 2.48. The first kappa shape index (κ1) is 15.7. The fourth-order valence-corrected chi connectivity index (χ4v) is 1.88. The normalized spacial score (nSPS) is 10.4. The van der Waals surface area contributed by atoms with Gasteiger partial charge in [-0.2, -0.15) is 0 Å². The molecule has 4 heteroatoms. The average molecular weight is 264 g/mol. The highest BCUT2D eigenvalue weighted by atomic mass is 16.5. The summed E-state index contributed by atoms with van der Waals surface area (Å²) in [5.41, 5.74) is 6.59. The number of nitrogens with two attached hydrogens (primary N) is 1. The Morgan fingerprint density at radius 2 is 2.00 bits per heavy atom. The molecule has 1 aromatic carbocycles. The molecule has 4 nitrogen and oxygen atoms in total. The Bertz CT molecular complexity index is 354. The number of ether oxygens (including phenoxy) is 1. The number of amides is 1. The standard InChI is InChI=1S/C15H24N2O2/c1-19-12-11-17(15(18)9-5-6-10-16)13-14-7-3-2-4-8-14/h2-4,7-8H,5-6,9-13,16H2,1H3. The minimum Gasteiger partial charge on any atom is -0.383 e. The third-order valence-corrected chi connectivity index (χ3v) is 2.98. The topological polar surface area (TPSA) is 55.6 Å². The maximum Gasteiger partial charge on any atom is 0.222 e. The summed E-state index contributed by atoms with van der Waals surface area (Å²) in [7, 11) is 1.65. The Hall–Kier alpha value is -1.39. The van der Waals surface area contributed by atoms with Crippen LogP contribution in [0.3, 0.4) is 0 Å². The van der Waals surface area contributed by atoms with Crippen molar-refractivity contribution in [3.63, 3.8) is 0 Å². The number of hydrogen-bond acceptors (Lipinski definition) is 3. The lowest BCUT2D eigenvalue weighted by Gasteiger charge is -2.22. The molecule has 0 saturated carbocycles. The van der Waals surface area contributed by atoms with Crippen LogP contribution in [0.4, 0.5) is 0 Å². The van der Waals surface area contributed by atoms with Gasteiger partial charge in [0, 0.05) is 26.6 Å². The number of carbonyl (C=O) groups is 1. The Labute approximate surface area is 115 Å². The minimum atomic E-state index is 0.175. The predicted octanol–water partition coefficient (Wildman–Crippen LogP) is 1.79. The zero-order chi connectivity index (χ0) is 13.9. The SMILES string of the molecule is COCCN(Cc1ccccc1)C(=O)CCCCN. The van der Waals surface area contributed by atoms with Crippen molar-refractivity contribution >= 4 is 5.91 Å². The lowest BCUT2D eigenvalue weighted by atomic mass is 10.2. The van der Waals surface area contributed by atoms with E-state index < -0.39 is 0 Å². The van der Waals surface area contributed by atoms with Gasteiger partial charge in [0.15, 0.2) is 0 Å². The molecule has 0 bridgehead atoms. The summed E-state index contributed by atoms with van der Waals surface area (Å²) in [6.07, 6.45) is 2.32. The molecular formula is C15H24N2O2. The molecule has 0 aliphatic carbocycles.